The molecular weight excluding hydrogens is 340 g/mol. The Kier molecular flexibility index (Phi) is 4.95. The van der Waals surface area contributed by atoms with Gasteiger partial charge in [0.2, 0.25) is 6.79 Å². The maximum absolute atomic E-state index is 6.25. The molecule has 7 heteroatoms. The molecule has 0 spiro atoms. The van der Waals surface area contributed by atoms with Gasteiger partial charge >= 0.3 is 0 Å². The summed E-state index contributed by atoms with van der Waals surface area (Å²) in [6, 6.07) is 6.27. The highest BCUT2D eigenvalue weighted by atomic mass is 35.5. The molecule has 1 atom stereocenters. The average Bonchev–Trinajstić information content (AvgIpc) is 3.18. The summed E-state index contributed by atoms with van der Waals surface area (Å²) in [5.74, 6) is 1.59. The third-order valence-corrected chi connectivity index (χ3v) is 5.16. The molecule has 1 saturated heterocycles. The largest absolute Gasteiger partial charge is 0.454 e. The highest BCUT2D eigenvalue weighted by molar-refractivity contribution is 5.85. The van der Waals surface area contributed by atoms with Crippen LogP contribution in [0.5, 0.6) is 11.5 Å². The van der Waals surface area contributed by atoms with E-state index in [1.807, 2.05) is 24.4 Å². The number of aromatic amines is 1. The van der Waals surface area contributed by atoms with Crippen LogP contribution in [0.2, 0.25) is 0 Å². The number of likely N-dealkylation sites (tertiary alicyclic amines) is 1. The summed E-state index contributed by atoms with van der Waals surface area (Å²) in [5.41, 5.74) is 9.70. The fraction of sp³-hybridized carbons (Fsp3) is 0.500. The Hall–Kier alpha value is -1.76. The second-order valence-corrected chi connectivity index (χ2v) is 7.43. The number of H-pyrrole nitrogens is 1. The predicted octanol–water partition coefficient (Wildman–Crippen LogP) is 2.79. The van der Waals surface area contributed by atoms with E-state index < -0.39 is 0 Å². The van der Waals surface area contributed by atoms with Crippen LogP contribution in [-0.2, 0) is 6.54 Å². The summed E-state index contributed by atoms with van der Waals surface area (Å²) in [5, 5.41) is 7.40. The van der Waals surface area contributed by atoms with Crippen LogP contribution in [0.15, 0.2) is 24.4 Å². The Balaban J connectivity index is 0.00000182. The van der Waals surface area contributed by atoms with Crippen LogP contribution in [0.1, 0.15) is 25.8 Å². The van der Waals surface area contributed by atoms with Crippen molar-refractivity contribution in [2.75, 3.05) is 19.9 Å². The maximum atomic E-state index is 6.25. The number of nitrogens with one attached hydrogen (secondary N) is 1. The van der Waals surface area contributed by atoms with E-state index in [0.29, 0.717) is 0 Å². The van der Waals surface area contributed by atoms with E-state index in [9.17, 15) is 0 Å². The molecule has 2 aromatic rings. The fourth-order valence-electron chi connectivity index (χ4n) is 3.59. The zero-order valence-corrected chi connectivity index (χ0v) is 15.4. The van der Waals surface area contributed by atoms with Crippen LogP contribution >= 0.6 is 12.4 Å². The van der Waals surface area contributed by atoms with Crippen LogP contribution in [0.25, 0.3) is 11.3 Å². The van der Waals surface area contributed by atoms with Crippen LogP contribution in [0.3, 0.4) is 0 Å². The zero-order chi connectivity index (χ0) is 16.7. The summed E-state index contributed by atoms with van der Waals surface area (Å²) in [6.07, 6.45) is 2.95. The molecule has 1 unspecified atom stereocenters. The number of nitrogens with zero attached hydrogens (tertiary/aromatic N) is 2. The summed E-state index contributed by atoms with van der Waals surface area (Å²) >= 11 is 0. The van der Waals surface area contributed by atoms with Crippen LogP contribution in [0.4, 0.5) is 0 Å². The molecule has 2 aliphatic rings. The number of ether oxygens (including phenoxy) is 2. The van der Waals surface area contributed by atoms with Gasteiger partial charge in [-0.2, -0.15) is 5.10 Å². The van der Waals surface area contributed by atoms with Gasteiger partial charge in [-0.3, -0.25) is 10.00 Å². The first-order valence-electron chi connectivity index (χ1n) is 8.43. The van der Waals surface area contributed by atoms with Crippen molar-refractivity contribution in [1.82, 2.24) is 15.1 Å². The lowest BCUT2D eigenvalue weighted by Crippen LogP contribution is -2.52. The van der Waals surface area contributed by atoms with Crippen molar-refractivity contribution < 1.29 is 9.47 Å². The van der Waals surface area contributed by atoms with Crippen molar-refractivity contribution in [2.45, 2.75) is 32.9 Å². The number of halogens is 1. The molecule has 3 heterocycles. The molecule has 3 N–H and O–H groups in total. The normalized spacial score (nSPS) is 21.8. The molecule has 1 aromatic heterocycles. The van der Waals surface area contributed by atoms with Crippen molar-refractivity contribution >= 4 is 12.4 Å². The Morgan fingerprint density at radius 2 is 2.12 bits per heavy atom. The lowest BCUT2D eigenvalue weighted by atomic mass is 9.79. The third-order valence-electron chi connectivity index (χ3n) is 5.16. The lowest BCUT2D eigenvalue weighted by Gasteiger charge is -2.42. The molecule has 0 aliphatic carbocycles. The molecule has 0 bridgehead atoms. The maximum Gasteiger partial charge on any atom is 0.231 e. The van der Waals surface area contributed by atoms with Crippen molar-refractivity contribution in [3.8, 4) is 22.8 Å². The first-order chi connectivity index (χ1) is 11.5. The zero-order valence-electron chi connectivity index (χ0n) is 14.6. The van der Waals surface area contributed by atoms with E-state index in [2.05, 4.69) is 28.9 Å². The fourth-order valence-corrected chi connectivity index (χ4v) is 3.59. The molecule has 1 fully saturated rings. The molecule has 0 amide bonds. The predicted molar refractivity (Wildman–Crippen MR) is 99.0 cm³/mol. The van der Waals surface area contributed by atoms with Gasteiger partial charge < -0.3 is 15.2 Å². The molecule has 25 heavy (non-hydrogen) atoms. The second kappa shape index (κ2) is 6.86. The van der Waals surface area contributed by atoms with Crippen LogP contribution < -0.4 is 15.2 Å². The molecule has 4 rings (SSSR count). The van der Waals surface area contributed by atoms with Gasteiger partial charge in [0.1, 0.15) is 0 Å². The van der Waals surface area contributed by atoms with Crippen molar-refractivity contribution in [3.05, 3.63) is 30.0 Å². The van der Waals surface area contributed by atoms with Crippen molar-refractivity contribution in [1.29, 1.82) is 0 Å². The molecule has 0 radical (unpaired) electrons. The summed E-state index contributed by atoms with van der Waals surface area (Å²) in [4.78, 5) is 2.46. The SMILES string of the molecule is CC1(C)CN(Cc2cn[nH]c2-c2ccc3c(c2)OCO3)CCC1N.Cl. The van der Waals surface area contributed by atoms with E-state index in [1.165, 1.54) is 5.56 Å². The Morgan fingerprint density at radius 3 is 2.92 bits per heavy atom. The number of hydrogen-bond donors (Lipinski definition) is 2. The Bertz CT molecular complexity index is 746. The minimum absolute atomic E-state index is 0. The first kappa shape index (κ1) is 18.0. The van der Waals surface area contributed by atoms with E-state index >= 15 is 0 Å². The first-order valence-corrected chi connectivity index (χ1v) is 8.43. The minimum Gasteiger partial charge on any atom is -0.454 e. The number of rotatable bonds is 3. The van der Waals surface area contributed by atoms with Gasteiger partial charge in [0.15, 0.2) is 11.5 Å². The van der Waals surface area contributed by atoms with Crippen molar-refractivity contribution in [3.63, 3.8) is 0 Å². The van der Waals surface area contributed by atoms with Crippen molar-refractivity contribution in [2.24, 2.45) is 11.1 Å². The highest BCUT2D eigenvalue weighted by Gasteiger charge is 2.33. The highest BCUT2D eigenvalue weighted by Crippen LogP contribution is 2.36. The number of hydrogen-bond acceptors (Lipinski definition) is 5. The number of piperidine rings is 1. The van der Waals surface area contributed by atoms with Gasteiger partial charge in [0.25, 0.3) is 0 Å². The molecule has 6 nitrogen and oxygen atoms in total. The molecule has 2 aliphatic heterocycles. The molecule has 136 valence electrons. The minimum atomic E-state index is 0. The number of nitrogens with two attached hydrogens (primary N) is 1. The Morgan fingerprint density at radius 1 is 1.32 bits per heavy atom. The third kappa shape index (κ3) is 3.47. The van der Waals surface area contributed by atoms with E-state index in [-0.39, 0.29) is 30.7 Å². The number of aromatic nitrogens is 2. The quantitative estimate of drug-likeness (QED) is 0.875. The summed E-state index contributed by atoms with van der Waals surface area (Å²) < 4.78 is 10.9. The van der Waals surface area contributed by atoms with Gasteiger partial charge in [-0.1, -0.05) is 13.8 Å². The standard InChI is InChI=1S/C18H24N4O2.ClH/c1-18(2)10-22(6-5-16(18)19)9-13-8-20-21-17(13)12-3-4-14-15(7-12)24-11-23-14;/h3-4,7-8,16H,5-6,9-11,19H2,1-2H3,(H,20,21);1H. The van der Waals surface area contributed by atoms with E-state index in [0.717, 1.165) is 48.8 Å². The van der Waals surface area contributed by atoms with Gasteiger partial charge in [0, 0.05) is 36.8 Å². The van der Waals surface area contributed by atoms with E-state index in [1.54, 1.807) is 0 Å². The second-order valence-electron chi connectivity index (χ2n) is 7.43. The van der Waals surface area contributed by atoms with Gasteiger partial charge in [0.05, 0.1) is 11.9 Å². The topological polar surface area (TPSA) is 76.4 Å². The van der Waals surface area contributed by atoms with Crippen LogP contribution in [-0.4, -0.2) is 41.0 Å². The number of benzene rings is 1. The Labute approximate surface area is 154 Å². The summed E-state index contributed by atoms with van der Waals surface area (Å²) in [7, 11) is 0. The molecule has 0 saturated carbocycles. The smallest absolute Gasteiger partial charge is 0.231 e. The molecular formula is C18H25ClN4O2. The lowest BCUT2D eigenvalue weighted by molar-refractivity contribution is 0.0900. The van der Waals surface area contributed by atoms with Gasteiger partial charge in [-0.05, 0) is 30.0 Å². The van der Waals surface area contributed by atoms with Crippen LogP contribution in [0, 0.1) is 5.41 Å². The molecule has 1 aromatic carbocycles. The van der Waals surface area contributed by atoms with Gasteiger partial charge in [-0.15, -0.1) is 12.4 Å². The average molecular weight is 365 g/mol. The van der Waals surface area contributed by atoms with E-state index in [4.69, 9.17) is 15.2 Å². The monoisotopic (exact) mass is 364 g/mol. The summed E-state index contributed by atoms with van der Waals surface area (Å²) in [6.45, 7) is 7.68. The number of fused-ring (bicyclic) bond motifs is 1. The van der Waals surface area contributed by atoms with Gasteiger partial charge in [-0.25, -0.2) is 0 Å².